The molecular formula is C26H50N2. The second-order valence-electron chi connectivity index (χ2n) is 8.89. The lowest BCUT2D eigenvalue weighted by atomic mass is 10.0. The van der Waals surface area contributed by atoms with Gasteiger partial charge in [0.1, 0.15) is 5.82 Å². The van der Waals surface area contributed by atoms with Crippen molar-refractivity contribution in [3.05, 3.63) is 18.2 Å². The van der Waals surface area contributed by atoms with E-state index in [1.807, 2.05) is 6.20 Å². The molecule has 0 N–H and O–H groups in total. The van der Waals surface area contributed by atoms with E-state index in [2.05, 4.69) is 29.6 Å². The first kappa shape index (κ1) is 25.2. The molecule has 1 aromatic heterocycles. The van der Waals surface area contributed by atoms with E-state index in [4.69, 9.17) is 0 Å². The van der Waals surface area contributed by atoms with Crippen LogP contribution < -0.4 is 0 Å². The highest BCUT2D eigenvalue weighted by atomic mass is 15.0. The standard InChI is InChI=1S/C26H50N2/c1-3-4-5-6-7-8-9-10-11-12-13-14-15-16-17-18-19-20-21-22-24-28-25-23-27-26(28)2/h23,25H,3-22,24H2,1-2H3. The average Bonchev–Trinajstić information content (AvgIpc) is 3.11. The van der Waals surface area contributed by atoms with Gasteiger partial charge in [-0.25, -0.2) is 4.98 Å². The van der Waals surface area contributed by atoms with E-state index in [9.17, 15) is 0 Å². The zero-order valence-corrected chi connectivity index (χ0v) is 19.4. The van der Waals surface area contributed by atoms with Gasteiger partial charge in [0.15, 0.2) is 0 Å². The van der Waals surface area contributed by atoms with Crippen LogP contribution in [0.5, 0.6) is 0 Å². The number of aryl methyl sites for hydroxylation is 2. The third-order valence-corrected chi connectivity index (χ3v) is 6.18. The van der Waals surface area contributed by atoms with Gasteiger partial charge in [-0.2, -0.15) is 0 Å². The number of hydrogen-bond donors (Lipinski definition) is 0. The number of unbranched alkanes of at least 4 members (excludes halogenated alkanes) is 19. The van der Waals surface area contributed by atoms with Crippen LogP contribution in [0, 0.1) is 6.92 Å². The smallest absolute Gasteiger partial charge is 0.105 e. The molecule has 0 aliphatic rings. The second-order valence-corrected chi connectivity index (χ2v) is 8.89. The van der Waals surface area contributed by atoms with Crippen LogP contribution in [0.4, 0.5) is 0 Å². The normalized spacial score (nSPS) is 11.4. The van der Waals surface area contributed by atoms with Crippen molar-refractivity contribution in [3.63, 3.8) is 0 Å². The van der Waals surface area contributed by atoms with Gasteiger partial charge in [-0.15, -0.1) is 0 Å². The molecule has 0 atom stereocenters. The molecule has 0 unspecified atom stereocenters. The quantitative estimate of drug-likeness (QED) is 0.191. The Bertz CT molecular complexity index is 424. The summed E-state index contributed by atoms with van der Waals surface area (Å²) in [6, 6.07) is 0. The second kappa shape index (κ2) is 19.5. The van der Waals surface area contributed by atoms with Crippen molar-refractivity contribution in [1.29, 1.82) is 0 Å². The Hall–Kier alpha value is -0.790. The van der Waals surface area contributed by atoms with Gasteiger partial charge >= 0.3 is 0 Å². The predicted molar refractivity (Wildman–Crippen MR) is 125 cm³/mol. The van der Waals surface area contributed by atoms with Crippen LogP contribution in [0.2, 0.25) is 0 Å². The van der Waals surface area contributed by atoms with E-state index in [1.54, 1.807) is 0 Å². The van der Waals surface area contributed by atoms with Crippen LogP contribution in [0.25, 0.3) is 0 Å². The van der Waals surface area contributed by atoms with Crippen molar-refractivity contribution in [2.75, 3.05) is 0 Å². The maximum atomic E-state index is 4.28. The van der Waals surface area contributed by atoms with Crippen LogP contribution in [0.3, 0.4) is 0 Å². The van der Waals surface area contributed by atoms with Crippen molar-refractivity contribution in [2.45, 2.75) is 149 Å². The molecule has 0 amide bonds. The van der Waals surface area contributed by atoms with Crippen molar-refractivity contribution in [2.24, 2.45) is 0 Å². The highest BCUT2D eigenvalue weighted by molar-refractivity contribution is 4.87. The van der Waals surface area contributed by atoms with E-state index in [-0.39, 0.29) is 0 Å². The summed E-state index contributed by atoms with van der Waals surface area (Å²) in [7, 11) is 0. The maximum Gasteiger partial charge on any atom is 0.105 e. The minimum absolute atomic E-state index is 1.14. The number of aromatic nitrogens is 2. The Morgan fingerprint density at radius 3 is 1.25 bits per heavy atom. The van der Waals surface area contributed by atoms with Crippen LogP contribution in [-0.2, 0) is 6.54 Å². The fraction of sp³-hybridized carbons (Fsp3) is 0.885. The van der Waals surface area contributed by atoms with E-state index >= 15 is 0 Å². The minimum Gasteiger partial charge on any atom is -0.335 e. The highest BCUT2D eigenvalue weighted by Crippen LogP contribution is 2.15. The summed E-state index contributed by atoms with van der Waals surface area (Å²) in [5.74, 6) is 1.15. The first-order valence-corrected chi connectivity index (χ1v) is 12.8. The molecule has 0 fully saturated rings. The molecule has 0 spiro atoms. The van der Waals surface area contributed by atoms with Gasteiger partial charge in [-0.05, 0) is 13.3 Å². The summed E-state index contributed by atoms with van der Waals surface area (Å²) >= 11 is 0. The Kier molecular flexibility index (Phi) is 17.6. The first-order chi connectivity index (χ1) is 13.8. The van der Waals surface area contributed by atoms with Crippen molar-refractivity contribution < 1.29 is 0 Å². The Balaban J connectivity index is 1.67. The molecule has 0 aromatic carbocycles. The van der Waals surface area contributed by atoms with Crippen LogP contribution in [0.1, 0.15) is 141 Å². The predicted octanol–water partition coefficient (Wildman–Crippen LogP) is 9.01. The summed E-state index contributed by atoms with van der Waals surface area (Å²) in [5.41, 5.74) is 0. The van der Waals surface area contributed by atoms with Gasteiger partial charge in [0.25, 0.3) is 0 Å². The summed E-state index contributed by atoms with van der Waals surface area (Å²) in [6.07, 6.45) is 32.9. The number of rotatable bonds is 21. The summed E-state index contributed by atoms with van der Waals surface area (Å²) in [5, 5.41) is 0. The topological polar surface area (TPSA) is 17.8 Å². The number of nitrogens with zero attached hydrogens (tertiary/aromatic N) is 2. The molecule has 28 heavy (non-hydrogen) atoms. The number of hydrogen-bond acceptors (Lipinski definition) is 1. The maximum absolute atomic E-state index is 4.28. The third kappa shape index (κ3) is 15.2. The molecule has 2 heteroatoms. The van der Waals surface area contributed by atoms with Gasteiger partial charge in [0.2, 0.25) is 0 Å². The Morgan fingerprint density at radius 1 is 0.571 bits per heavy atom. The first-order valence-electron chi connectivity index (χ1n) is 12.8. The van der Waals surface area contributed by atoms with Gasteiger partial charge < -0.3 is 4.57 Å². The molecule has 1 rings (SSSR count). The van der Waals surface area contributed by atoms with Crippen LogP contribution >= 0.6 is 0 Å². The Labute approximate surface area is 176 Å². The molecule has 1 aromatic rings. The molecule has 2 nitrogen and oxygen atoms in total. The Morgan fingerprint density at radius 2 is 0.929 bits per heavy atom. The monoisotopic (exact) mass is 390 g/mol. The molecule has 164 valence electrons. The molecule has 1 heterocycles. The molecule has 0 saturated carbocycles. The van der Waals surface area contributed by atoms with E-state index in [0.717, 1.165) is 12.4 Å². The zero-order valence-electron chi connectivity index (χ0n) is 19.4. The van der Waals surface area contributed by atoms with E-state index in [0.29, 0.717) is 0 Å². The fourth-order valence-electron chi connectivity index (χ4n) is 4.18. The molecular weight excluding hydrogens is 340 g/mol. The van der Waals surface area contributed by atoms with Crippen LogP contribution in [-0.4, -0.2) is 9.55 Å². The SMILES string of the molecule is CCCCCCCCCCCCCCCCCCCCCCn1ccnc1C. The lowest BCUT2D eigenvalue weighted by molar-refractivity contribution is 0.515. The third-order valence-electron chi connectivity index (χ3n) is 6.18. The lowest BCUT2D eigenvalue weighted by Crippen LogP contribution is -1.98. The summed E-state index contributed by atoms with van der Waals surface area (Å²) in [4.78, 5) is 4.28. The molecule has 0 aliphatic carbocycles. The largest absolute Gasteiger partial charge is 0.335 e. The average molecular weight is 391 g/mol. The van der Waals surface area contributed by atoms with Crippen molar-refractivity contribution in [1.82, 2.24) is 9.55 Å². The number of imidazole rings is 1. The van der Waals surface area contributed by atoms with Gasteiger partial charge in [0.05, 0.1) is 0 Å². The van der Waals surface area contributed by atoms with Gasteiger partial charge in [-0.3, -0.25) is 0 Å². The highest BCUT2D eigenvalue weighted by Gasteiger charge is 1.97. The molecule has 0 saturated heterocycles. The summed E-state index contributed by atoms with van der Waals surface area (Å²) in [6.45, 7) is 5.54. The lowest BCUT2D eigenvalue weighted by Gasteiger charge is -2.05. The van der Waals surface area contributed by atoms with E-state index in [1.165, 1.54) is 128 Å². The minimum atomic E-state index is 1.14. The van der Waals surface area contributed by atoms with Gasteiger partial charge in [0, 0.05) is 18.9 Å². The van der Waals surface area contributed by atoms with Gasteiger partial charge in [-0.1, -0.05) is 129 Å². The molecule has 0 bridgehead atoms. The molecule has 0 radical (unpaired) electrons. The fourth-order valence-corrected chi connectivity index (χ4v) is 4.18. The van der Waals surface area contributed by atoms with Crippen molar-refractivity contribution in [3.8, 4) is 0 Å². The van der Waals surface area contributed by atoms with Crippen LogP contribution in [0.15, 0.2) is 12.4 Å². The molecule has 0 aliphatic heterocycles. The van der Waals surface area contributed by atoms with Crippen molar-refractivity contribution >= 4 is 0 Å². The van der Waals surface area contributed by atoms with E-state index < -0.39 is 0 Å². The zero-order chi connectivity index (χ0) is 20.1. The summed E-state index contributed by atoms with van der Waals surface area (Å²) < 4.78 is 2.27.